The second kappa shape index (κ2) is 6.42. The Morgan fingerprint density at radius 2 is 1.42 bits per heavy atom. The Hall–Kier alpha value is -2.36. The number of anilines is 2. The van der Waals surface area contributed by atoms with Gasteiger partial charge in [-0.1, -0.05) is 15.9 Å². The van der Waals surface area contributed by atoms with E-state index in [0.29, 0.717) is 27.5 Å². The summed E-state index contributed by atoms with van der Waals surface area (Å²) in [4.78, 5) is 7.93. The van der Waals surface area contributed by atoms with Crippen molar-refractivity contribution in [3.8, 4) is 0 Å². The van der Waals surface area contributed by atoms with Crippen molar-refractivity contribution < 1.29 is 26.3 Å². The molecule has 0 atom stereocenters. The topological polar surface area (TPSA) is 37.8 Å². The predicted molar refractivity (Wildman–Crippen MR) is 87.0 cm³/mol. The lowest BCUT2D eigenvalue weighted by Crippen LogP contribution is -2.11. The molecule has 3 rings (SSSR count). The minimum atomic E-state index is -4.92. The first-order valence-corrected chi connectivity index (χ1v) is 7.80. The molecule has 0 radical (unpaired) electrons. The minimum absolute atomic E-state index is 0.0693. The number of rotatable bonds is 2. The fourth-order valence-corrected chi connectivity index (χ4v) is 2.65. The zero-order chi connectivity index (χ0) is 19.1. The third-order valence-electron chi connectivity index (χ3n) is 3.45. The molecular weight excluding hydrogens is 428 g/mol. The van der Waals surface area contributed by atoms with Crippen LogP contribution in [0.3, 0.4) is 0 Å². The number of halogens is 7. The number of hydrogen-bond acceptors (Lipinski definition) is 3. The first kappa shape index (κ1) is 18.4. The maximum atomic E-state index is 13.0. The molecule has 26 heavy (non-hydrogen) atoms. The SMILES string of the molecule is FC(F)(F)c1cc(Nc2ncnc3ccc(Br)cc23)cc(C(F)(F)F)c1. The van der Waals surface area contributed by atoms with Crippen LogP contribution in [-0.2, 0) is 12.4 Å². The van der Waals surface area contributed by atoms with Gasteiger partial charge in [0.15, 0.2) is 0 Å². The van der Waals surface area contributed by atoms with Gasteiger partial charge in [0.25, 0.3) is 0 Å². The molecule has 3 aromatic rings. The number of benzene rings is 2. The van der Waals surface area contributed by atoms with E-state index in [1.165, 1.54) is 0 Å². The highest BCUT2D eigenvalue weighted by molar-refractivity contribution is 9.10. The number of nitrogens with one attached hydrogen (secondary N) is 1. The standard InChI is InChI=1S/C16H8BrF6N3/c17-10-1-2-13-12(6-10)14(25-7-24-13)26-11-4-8(15(18,19)20)3-9(5-11)16(21,22)23/h1-7H,(H,24,25,26). The van der Waals surface area contributed by atoms with Crippen LogP contribution >= 0.6 is 15.9 Å². The number of aromatic nitrogens is 2. The van der Waals surface area contributed by atoms with E-state index >= 15 is 0 Å². The Bertz CT molecular complexity index is 936. The molecule has 1 heterocycles. The molecule has 0 unspecified atom stereocenters. The Kier molecular flexibility index (Phi) is 4.55. The first-order valence-electron chi connectivity index (χ1n) is 7.01. The molecule has 0 spiro atoms. The van der Waals surface area contributed by atoms with Crippen LogP contribution in [0.1, 0.15) is 11.1 Å². The molecule has 10 heteroatoms. The second-order valence-corrected chi connectivity index (χ2v) is 6.22. The van der Waals surface area contributed by atoms with Crippen LogP contribution in [0.4, 0.5) is 37.8 Å². The maximum absolute atomic E-state index is 13.0. The van der Waals surface area contributed by atoms with Crippen LogP contribution in [0.5, 0.6) is 0 Å². The van der Waals surface area contributed by atoms with Gasteiger partial charge in [-0.2, -0.15) is 26.3 Å². The summed E-state index contributed by atoms with van der Waals surface area (Å²) in [5, 5.41) is 2.96. The van der Waals surface area contributed by atoms with Gasteiger partial charge in [-0.05, 0) is 36.4 Å². The summed E-state index contributed by atoms with van der Waals surface area (Å²) >= 11 is 3.25. The van der Waals surface area contributed by atoms with Crippen molar-refractivity contribution in [3.05, 3.63) is 58.3 Å². The zero-order valence-electron chi connectivity index (χ0n) is 12.6. The van der Waals surface area contributed by atoms with Gasteiger partial charge in [-0.25, -0.2) is 9.97 Å². The molecule has 1 aromatic heterocycles. The Morgan fingerprint density at radius 1 is 0.808 bits per heavy atom. The molecule has 0 amide bonds. The Labute approximate surface area is 151 Å². The second-order valence-electron chi connectivity index (χ2n) is 5.30. The summed E-state index contributed by atoms with van der Waals surface area (Å²) < 4.78 is 78.4. The minimum Gasteiger partial charge on any atom is -0.340 e. The van der Waals surface area contributed by atoms with Gasteiger partial charge >= 0.3 is 12.4 Å². The lowest BCUT2D eigenvalue weighted by molar-refractivity contribution is -0.143. The van der Waals surface area contributed by atoms with Crippen molar-refractivity contribution in [1.82, 2.24) is 9.97 Å². The molecule has 0 aliphatic rings. The van der Waals surface area contributed by atoms with Gasteiger partial charge in [0.05, 0.1) is 16.6 Å². The molecular formula is C16H8BrF6N3. The monoisotopic (exact) mass is 435 g/mol. The van der Waals surface area contributed by atoms with E-state index in [2.05, 4.69) is 31.2 Å². The van der Waals surface area contributed by atoms with Crippen LogP contribution in [0.25, 0.3) is 10.9 Å². The van der Waals surface area contributed by atoms with E-state index in [4.69, 9.17) is 0 Å². The van der Waals surface area contributed by atoms with E-state index in [9.17, 15) is 26.3 Å². The Morgan fingerprint density at radius 3 is 2.00 bits per heavy atom. The number of hydrogen-bond donors (Lipinski definition) is 1. The highest BCUT2D eigenvalue weighted by Gasteiger charge is 2.37. The average Bonchev–Trinajstić information content (AvgIpc) is 2.53. The van der Waals surface area contributed by atoms with Crippen LogP contribution < -0.4 is 5.32 Å². The summed E-state index contributed by atoms with van der Waals surface area (Å²) in [6, 6.07) is 6.21. The maximum Gasteiger partial charge on any atom is 0.416 e. The third-order valence-corrected chi connectivity index (χ3v) is 3.94. The van der Waals surface area contributed by atoms with Crippen molar-refractivity contribution >= 4 is 38.3 Å². The lowest BCUT2D eigenvalue weighted by Gasteiger charge is -2.15. The first-order chi connectivity index (χ1) is 12.0. The number of nitrogens with zero attached hydrogens (tertiary/aromatic N) is 2. The van der Waals surface area contributed by atoms with Gasteiger partial charge < -0.3 is 5.32 Å². The molecule has 1 N–H and O–H groups in total. The molecule has 0 fully saturated rings. The van der Waals surface area contributed by atoms with Gasteiger partial charge in [0.2, 0.25) is 0 Å². The van der Waals surface area contributed by atoms with Gasteiger partial charge in [-0.3, -0.25) is 0 Å². The van der Waals surface area contributed by atoms with Crippen LogP contribution in [-0.4, -0.2) is 9.97 Å². The molecule has 136 valence electrons. The summed E-state index contributed by atoms with van der Waals surface area (Å²) in [6.07, 6.45) is -8.68. The third kappa shape index (κ3) is 3.90. The summed E-state index contributed by atoms with van der Waals surface area (Å²) in [7, 11) is 0. The molecule has 0 saturated carbocycles. The van der Waals surface area contributed by atoms with Crippen molar-refractivity contribution in [2.75, 3.05) is 5.32 Å². The van der Waals surface area contributed by atoms with Crippen molar-refractivity contribution in [2.45, 2.75) is 12.4 Å². The quantitative estimate of drug-likeness (QED) is 0.488. The van der Waals surface area contributed by atoms with Crippen LogP contribution in [0.2, 0.25) is 0 Å². The number of alkyl halides is 6. The highest BCUT2D eigenvalue weighted by atomic mass is 79.9. The van der Waals surface area contributed by atoms with Crippen molar-refractivity contribution in [2.24, 2.45) is 0 Å². The number of fused-ring (bicyclic) bond motifs is 1. The molecule has 0 bridgehead atoms. The van der Waals surface area contributed by atoms with Crippen molar-refractivity contribution in [3.63, 3.8) is 0 Å². The molecule has 0 saturated heterocycles. The van der Waals surface area contributed by atoms with E-state index < -0.39 is 23.5 Å². The van der Waals surface area contributed by atoms with E-state index in [0.717, 1.165) is 6.33 Å². The van der Waals surface area contributed by atoms with E-state index in [1.54, 1.807) is 18.2 Å². The summed E-state index contributed by atoms with van der Waals surface area (Å²) in [5.74, 6) is 0.0868. The van der Waals surface area contributed by atoms with E-state index in [-0.39, 0.29) is 17.6 Å². The van der Waals surface area contributed by atoms with Gasteiger partial charge in [0, 0.05) is 15.5 Å². The summed E-state index contributed by atoms with van der Waals surface area (Å²) in [6.45, 7) is 0. The highest BCUT2D eigenvalue weighted by Crippen LogP contribution is 2.38. The fraction of sp³-hybridized carbons (Fsp3) is 0.125. The predicted octanol–water partition coefficient (Wildman–Crippen LogP) is 6.17. The smallest absolute Gasteiger partial charge is 0.340 e. The summed E-state index contributed by atoms with van der Waals surface area (Å²) in [5.41, 5.74) is -2.72. The normalized spacial score (nSPS) is 12.4. The van der Waals surface area contributed by atoms with Gasteiger partial charge in [0.1, 0.15) is 12.1 Å². The molecule has 3 nitrogen and oxygen atoms in total. The van der Waals surface area contributed by atoms with Gasteiger partial charge in [-0.15, -0.1) is 0 Å². The zero-order valence-corrected chi connectivity index (χ0v) is 14.2. The Balaban J connectivity index is 2.12. The fourth-order valence-electron chi connectivity index (χ4n) is 2.29. The van der Waals surface area contributed by atoms with Crippen molar-refractivity contribution in [1.29, 1.82) is 0 Å². The average molecular weight is 436 g/mol. The molecule has 2 aromatic carbocycles. The lowest BCUT2D eigenvalue weighted by atomic mass is 10.1. The largest absolute Gasteiger partial charge is 0.416 e. The molecule has 0 aliphatic heterocycles. The molecule has 0 aliphatic carbocycles. The van der Waals surface area contributed by atoms with Crippen LogP contribution in [0, 0.1) is 0 Å². The van der Waals surface area contributed by atoms with E-state index in [1.807, 2.05) is 0 Å². The van der Waals surface area contributed by atoms with Crippen LogP contribution in [0.15, 0.2) is 47.2 Å².